The molecular formula is C16H30IN7O. The number of likely N-dealkylation sites (N-methyl/N-ethyl adjacent to an activating group) is 1. The van der Waals surface area contributed by atoms with Crippen LogP contribution in [0.25, 0.3) is 0 Å². The van der Waals surface area contributed by atoms with Crippen molar-refractivity contribution in [2.75, 3.05) is 20.6 Å². The highest BCUT2D eigenvalue weighted by Gasteiger charge is 2.22. The Labute approximate surface area is 166 Å². The highest BCUT2D eigenvalue weighted by Crippen LogP contribution is 2.23. The monoisotopic (exact) mass is 463 g/mol. The first-order valence-corrected chi connectivity index (χ1v) is 8.55. The minimum Gasteiger partial charge on any atom is -0.353 e. The molecule has 1 aromatic heterocycles. The molecule has 1 aliphatic rings. The van der Waals surface area contributed by atoms with Gasteiger partial charge in [0.2, 0.25) is 5.91 Å². The summed E-state index contributed by atoms with van der Waals surface area (Å²) >= 11 is 0. The summed E-state index contributed by atoms with van der Waals surface area (Å²) in [5.74, 6) is 2.06. The van der Waals surface area contributed by atoms with Gasteiger partial charge in [-0.1, -0.05) is 19.8 Å². The summed E-state index contributed by atoms with van der Waals surface area (Å²) in [5, 5.41) is 10.7. The van der Waals surface area contributed by atoms with E-state index in [0.29, 0.717) is 24.5 Å². The first-order chi connectivity index (χ1) is 11.5. The molecule has 0 aromatic carbocycles. The maximum atomic E-state index is 11.8. The third-order valence-corrected chi connectivity index (χ3v) is 4.52. The number of hydrogen-bond donors (Lipinski definition) is 2. The molecule has 2 N–H and O–H groups in total. The second kappa shape index (κ2) is 10.6. The quantitative estimate of drug-likeness (QED) is 0.389. The normalized spacial score (nSPS) is 20.6. The molecule has 1 amide bonds. The second-order valence-electron chi connectivity index (χ2n) is 6.62. The van der Waals surface area contributed by atoms with Crippen LogP contribution in [0.3, 0.4) is 0 Å². The molecule has 1 aromatic rings. The van der Waals surface area contributed by atoms with Gasteiger partial charge in [0.1, 0.15) is 18.7 Å². The van der Waals surface area contributed by atoms with Crippen LogP contribution >= 0.6 is 24.0 Å². The van der Waals surface area contributed by atoms with Gasteiger partial charge in [0, 0.05) is 27.2 Å². The number of rotatable bonds is 5. The molecular weight excluding hydrogens is 433 g/mol. The van der Waals surface area contributed by atoms with E-state index in [2.05, 4.69) is 32.6 Å². The summed E-state index contributed by atoms with van der Waals surface area (Å²) in [7, 11) is 5.34. The Balaban J connectivity index is 0.00000312. The molecule has 9 heteroatoms. The van der Waals surface area contributed by atoms with Crippen molar-refractivity contribution >= 4 is 35.8 Å². The lowest BCUT2D eigenvalue weighted by Gasteiger charge is -2.31. The molecule has 0 radical (unpaired) electrons. The van der Waals surface area contributed by atoms with Crippen molar-refractivity contribution in [3.05, 3.63) is 12.2 Å². The van der Waals surface area contributed by atoms with Gasteiger partial charge in [-0.2, -0.15) is 5.10 Å². The predicted molar refractivity (Wildman–Crippen MR) is 109 cm³/mol. The van der Waals surface area contributed by atoms with Crippen LogP contribution in [0.5, 0.6) is 0 Å². The number of hydrogen-bond acceptors (Lipinski definition) is 4. The van der Waals surface area contributed by atoms with E-state index in [9.17, 15) is 4.79 Å². The van der Waals surface area contributed by atoms with E-state index < -0.39 is 0 Å². The van der Waals surface area contributed by atoms with E-state index >= 15 is 0 Å². The maximum absolute atomic E-state index is 11.8. The SMILES string of the molecule is CC1CCCCC1NC(=NCc1ncnn1C)NCC(=O)N(C)C.I. The van der Waals surface area contributed by atoms with Gasteiger partial charge in [0.05, 0.1) is 6.54 Å². The zero-order chi connectivity index (χ0) is 17.5. The van der Waals surface area contributed by atoms with Crippen molar-refractivity contribution in [3.8, 4) is 0 Å². The predicted octanol–water partition coefficient (Wildman–Crippen LogP) is 1.14. The fraction of sp³-hybridized carbons (Fsp3) is 0.750. The minimum absolute atomic E-state index is 0. The standard InChI is InChI=1S/C16H29N7O.HI/c1-12-7-5-6-8-13(12)21-16(18-10-15(24)22(2)3)17-9-14-19-11-20-23(14)4;/h11-13H,5-10H2,1-4H3,(H2,17,18,21);1H. The maximum Gasteiger partial charge on any atom is 0.241 e. The van der Waals surface area contributed by atoms with Gasteiger partial charge < -0.3 is 15.5 Å². The van der Waals surface area contributed by atoms with E-state index in [1.807, 2.05) is 7.05 Å². The lowest BCUT2D eigenvalue weighted by molar-refractivity contribution is -0.127. The van der Waals surface area contributed by atoms with Crippen molar-refractivity contribution < 1.29 is 4.79 Å². The summed E-state index contributed by atoms with van der Waals surface area (Å²) < 4.78 is 1.70. The smallest absolute Gasteiger partial charge is 0.241 e. The Morgan fingerprint density at radius 2 is 2.12 bits per heavy atom. The third kappa shape index (κ3) is 6.79. The first kappa shape index (κ1) is 21.7. The molecule has 1 fully saturated rings. The average Bonchev–Trinajstić information content (AvgIpc) is 2.96. The molecule has 8 nitrogen and oxygen atoms in total. The van der Waals surface area contributed by atoms with Crippen LogP contribution in [0.4, 0.5) is 0 Å². The molecule has 0 aliphatic heterocycles. The Kier molecular flexibility index (Phi) is 9.15. The fourth-order valence-corrected chi connectivity index (χ4v) is 2.79. The van der Waals surface area contributed by atoms with Crippen LogP contribution in [0.2, 0.25) is 0 Å². The van der Waals surface area contributed by atoms with Gasteiger partial charge in [-0.25, -0.2) is 9.98 Å². The van der Waals surface area contributed by atoms with E-state index in [1.165, 1.54) is 25.6 Å². The largest absolute Gasteiger partial charge is 0.353 e. The Morgan fingerprint density at radius 3 is 2.72 bits per heavy atom. The summed E-state index contributed by atoms with van der Waals surface area (Å²) in [6, 6.07) is 0.388. The number of aliphatic imine (C=N–C) groups is 1. The molecule has 2 rings (SSSR count). The lowest BCUT2D eigenvalue weighted by Crippen LogP contribution is -2.49. The molecule has 142 valence electrons. The Hall–Kier alpha value is -1.39. The Bertz CT molecular complexity index is 573. The molecule has 0 saturated heterocycles. The average molecular weight is 463 g/mol. The number of carbonyl (C=O) groups excluding carboxylic acids is 1. The van der Waals surface area contributed by atoms with Crippen molar-refractivity contribution in [3.63, 3.8) is 0 Å². The van der Waals surface area contributed by atoms with Gasteiger partial charge in [-0.3, -0.25) is 9.48 Å². The van der Waals surface area contributed by atoms with Gasteiger partial charge >= 0.3 is 0 Å². The van der Waals surface area contributed by atoms with Crippen molar-refractivity contribution in [2.24, 2.45) is 18.0 Å². The van der Waals surface area contributed by atoms with Crippen molar-refractivity contribution in [2.45, 2.75) is 45.2 Å². The van der Waals surface area contributed by atoms with Gasteiger partial charge in [-0.15, -0.1) is 24.0 Å². The molecule has 1 heterocycles. The van der Waals surface area contributed by atoms with E-state index in [0.717, 1.165) is 12.2 Å². The third-order valence-electron chi connectivity index (χ3n) is 4.52. The van der Waals surface area contributed by atoms with Gasteiger partial charge in [0.15, 0.2) is 5.96 Å². The van der Waals surface area contributed by atoms with E-state index in [4.69, 9.17) is 0 Å². The summed E-state index contributed by atoms with van der Waals surface area (Å²) in [6.45, 7) is 2.91. The number of halogens is 1. The summed E-state index contributed by atoms with van der Waals surface area (Å²) in [5.41, 5.74) is 0. The second-order valence-corrected chi connectivity index (χ2v) is 6.62. The molecule has 1 aliphatic carbocycles. The number of aryl methyl sites for hydroxylation is 1. The van der Waals surface area contributed by atoms with Gasteiger partial charge in [-0.05, 0) is 18.8 Å². The lowest BCUT2D eigenvalue weighted by atomic mass is 9.86. The first-order valence-electron chi connectivity index (χ1n) is 8.55. The van der Waals surface area contributed by atoms with Crippen LogP contribution in [-0.4, -0.2) is 58.2 Å². The van der Waals surface area contributed by atoms with E-state index in [1.54, 1.807) is 23.7 Å². The van der Waals surface area contributed by atoms with Crippen molar-refractivity contribution in [1.82, 2.24) is 30.3 Å². The van der Waals surface area contributed by atoms with E-state index in [-0.39, 0.29) is 36.4 Å². The van der Waals surface area contributed by atoms with Gasteiger partial charge in [0.25, 0.3) is 0 Å². The number of carbonyl (C=O) groups is 1. The molecule has 25 heavy (non-hydrogen) atoms. The number of aromatic nitrogens is 3. The Morgan fingerprint density at radius 1 is 1.40 bits per heavy atom. The van der Waals surface area contributed by atoms with Crippen LogP contribution in [0.15, 0.2) is 11.3 Å². The van der Waals surface area contributed by atoms with Crippen LogP contribution in [0, 0.1) is 5.92 Å². The van der Waals surface area contributed by atoms with Crippen LogP contribution < -0.4 is 10.6 Å². The van der Waals surface area contributed by atoms with Crippen LogP contribution in [0.1, 0.15) is 38.4 Å². The zero-order valence-electron chi connectivity index (χ0n) is 15.5. The molecule has 1 saturated carbocycles. The summed E-state index contributed by atoms with van der Waals surface area (Å²) in [4.78, 5) is 22.2. The number of amides is 1. The summed E-state index contributed by atoms with van der Waals surface area (Å²) in [6.07, 6.45) is 6.40. The van der Waals surface area contributed by atoms with Crippen LogP contribution in [-0.2, 0) is 18.4 Å². The zero-order valence-corrected chi connectivity index (χ0v) is 17.9. The number of nitrogens with zero attached hydrogens (tertiary/aromatic N) is 5. The number of nitrogens with one attached hydrogen (secondary N) is 2. The topological polar surface area (TPSA) is 87.4 Å². The molecule has 0 spiro atoms. The highest BCUT2D eigenvalue weighted by molar-refractivity contribution is 14.0. The van der Waals surface area contributed by atoms with Crippen molar-refractivity contribution in [1.29, 1.82) is 0 Å². The fourth-order valence-electron chi connectivity index (χ4n) is 2.79. The molecule has 0 bridgehead atoms. The molecule has 2 atom stereocenters. The number of guanidine groups is 1. The minimum atomic E-state index is 0. The highest BCUT2D eigenvalue weighted by atomic mass is 127. The molecule has 2 unspecified atom stereocenters.